The molecule has 1 amide bonds. The first kappa shape index (κ1) is 15.0. The van der Waals surface area contributed by atoms with Crippen molar-refractivity contribution >= 4 is 16.8 Å². The van der Waals surface area contributed by atoms with Gasteiger partial charge < -0.3 is 10.4 Å². The van der Waals surface area contributed by atoms with Gasteiger partial charge in [-0.05, 0) is 23.8 Å². The molecule has 116 valence electrons. The van der Waals surface area contributed by atoms with Crippen LogP contribution in [0.3, 0.4) is 0 Å². The number of phenolic OH excluding ortho intramolecular Hbond substituents is 1. The molecule has 3 aromatic rings. The number of aromatic hydroxyl groups is 1. The van der Waals surface area contributed by atoms with Crippen LogP contribution in [0.2, 0.25) is 0 Å². The van der Waals surface area contributed by atoms with Gasteiger partial charge in [0.2, 0.25) is 5.91 Å². The fourth-order valence-electron chi connectivity index (χ4n) is 2.61. The van der Waals surface area contributed by atoms with Crippen molar-refractivity contribution in [2.75, 3.05) is 0 Å². The van der Waals surface area contributed by atoms with Gasteiger partial charge in [0.05, 0.1) is 6.04 Å². The third-order valence-electron chi connectivity index (χ3n) is 3.62. The Balaban J connectivity index is 2.17. The smallest absolute Gasteiger partial charge is 0.217 e. The molecule has 5 heteroatoms. The second kappa shape index (κ2) is 6.04. The van der Waals surface area contributed by atoms with E-state index < -0.39 is 11.9 Å². The second-order valence-corrected chi connectivity index (χ2v) is 5.27. The van der Waals surface area contributed by atoms with Crippen LogP contribution in [0, 0.1) is 5.82 Å². The summed E-state index contributed by atoms with van der Waals surface area (Å²) < 4.78 is 13.5. The molecule has 2 N–H and O–H groups in total. The Morgan fingerprint density at radius 3 is 2.78 bits per heavy atom. The number of hydrogen-bond acceptors (Lipinski definition) is 3. The summed E-state index contributed by atoms with van der Waals surface area (Å²) in [5, 5.41) is 14.1. The highest BCUT2D eigenvalue weighted by Crippen LogP contribution is 2.34. The van der Waals surface area contributed by atoms with Crippen LogP contribution in [0.5, 0.6) is 5.75 Å². The van der Waals surface area contributed by atoms with Crippen molar-refractivity contribution < 1.29 is 14.3 Å². The Hall–Kier alpha value is -2.95. The molecular weight excluding hydrogens is 295 g/mol. The first-order valence-electron chi connectivity index (χ1n) is 7.15. The minimum absolute atomic E-state index is 0.0221. The Bertz CT molecular complexity index is 880. The van der Waals surface area contributed by atoms with E-state index in [0.717, 1.165) is 5.39 Å². The van der Waals surface area contributed by atoms with Gasteiger partial charge in [0, 0.05) is 24.1 Å². The number of aromatic nitrogens is 1. The van der Waals surface area contributed by atoms with Crippen LogP contribution >= 0.6 is 0 Å². The lowest BCUT2D eigenvalue weighted by atomic mass is 9.96. The highest BCUT2D eigenvalue weighted by Gasteiger charge is 2.21. The van der Waals surface area contributed by atoms with Gasteiger partial charge in [-0.1, -0.05) is 30.3 Å². The fourth-order valence-corrected chi connectivity index (χ4v) is 2.61. The van der Waals surface area contributed by atoms with Gasteiger partial charge in [0.1, 0.15) is 17.1 Å². The van der Waals surface area contributed by atoms with Gasteiger partial charge >= 0.3 is 0 Å². The third-order valence-corrected chi connectivity index (χ3v) is 3.62. The van der Waals surface area contributed by atoms with Crippen molar-refractivity contribution in [2.45, 2.75) is 13.0 Å². The standard InChI is InChI=1S/C18H15FN2O2/c1-11(22)21-16(13-4-2-6-14(19)10-13)15-8-7-12-5-3-9-20-17(12)18(15)23/h2-10,16,23H,1H3,(H,21,22). The van der Waals surface area contributed by atoms with Crippen LogP contribution in [0.4, 0.5) is 4.39 Å². The van der Waals surface area contributed by atoms with E-state index in [2.05, 4.69) is 10.3 Å². The molecule has 0 bridgehead atoms. The molecule has 0 fully saturated rings. The lowest BCUT2D eigenvalue weighted by Gasteiger charge is -2.20. The van der Waals surface area contributed by atoms with Crippen LogP contribution in [0.15, 0.2) is 54.7 Å². The Labute approximate surface area is 132 Å². The first-order valence-corrected chi connectivity index (χ1v) is 7.15. The minimum Gasteiger partial charge on any atom is -0.505 e. The monoisotopic (exact) mass is 310 g/mol. The average Bonchev–Trinajstić information content (AvgIpc) is 2.53. The van der Waals surface area contributed by atoms with Gasteiger partial charge in [-0.2, -0.15) is 0 Å². The summed E-state index contributed by atoms with van der Waals surface area (Å²) >= 11 is 0. The normalized spacial score (nSPS) is 12.1. The van der Waals surface area contributed by atoms with Crippen molar-refractivity contribution in [1.29, 1.82) is 0 Å². The van der Waals surface area contributed by atoms with Crippen LogP contribution in [-0.2, 0) is 4.79 Å². The topological polar surface area (TPSA) is 62.2 Å². The maximum absolute atomic E-state index is 13.5. The molecule has 1 heterocycles. The van der Waals surface area contributed by atoms with E-state index >= 15 is 0 Å². The van der Waals surface area contributed by atoms with Crippen molar-refractivity contribution in [3.8, 4) is 5.75 Å². The van der Waals surface area contributed by atoms with E-state index in [1.165, 1.54) is 19.1 Å². The maximum Gasteiger partial charge on any atom is 0.217 e. The second-order valence-electron chi connectivity index (χ2n) is 5.27. The van der Waals surface area contributed by atoms with Gasteiger partial charge in [0.15, 0.2) is 0 Å². The molecule has 23 heavy (non-hydrogen) atoms. The van der Waals surface area contributed by atoms with Gasteiger partial charge in [-0.25, -0.2) is 4.39 Å². The quantitative estimate of drug-likeness (QED) is 0.780. The van der Waals surface area contributed by atoms with E-state index in [1.54, 1.807) is 30.5 Å². The van der Waals surface area contributed by atoms with Crippen LogP contribution in [-0.4, -0.2) is 16.0 Å². The summed E-state index contributed by atoms with van der Waals surface area (Å²) in [7, 11) is 0. The average molecular weight is 310 g/mol. The molecular formula is C18H15FN2O2. The molecule has 0 saturated carbocycles. The molecule has 1 unspecified atom stereocenters. The number of hydrogen-bond donors (Lipinski definition) is 2. The molecule has 4 nitrogen and oxygen atoms in total. The highest BCUT2D eigenvalue weighted by molar-refractivity contribution is 5.86. The van der Waals surface area contributed by atoms with E-state index in [9.17, 15) is 14.3 Å². The summed E-state index contributed by atoms with van der Waals surface area (Å²) in [5.41, 5.74) is 1.46. The minimum atomic E-state index is -0.658. The number of benzene rings is 2. The summed E-state index contributed by atoms with van der Waals surface area (Å²) in [6.45, 7) is 1.38. The van der Waals surface area contributed by atoms with Gasteiger partial charge in [-0.15, -0.1) is 0 Å². The predicted molar refractivity (Wildman–Crippen MR) is 85.5 cm³/mol. The van der Waals surface area contributed by atoms with Crippen LogP contribution in [0.25, 0.3) is 10.9 Å². The van der Waals surface area contributed by atoms with Crippen molar-refractivity contribution in [1.82, 2.24) is 10.3 Å². The lowest BCUT2D eigenvalue weighted by Crippen LogP contribution is -2.27. The summed E-state index contributed by atoms with van der Waals surface area (Å²) in [4.78, 5) is 15.7. The summed E-state index contributed by atoms with van der Waals surface area (Å²) in [6, 6.07) is 12.4. The number of carbonyl (C=O) groups is 1. The van der Waals surface area contributed by atoms with E-state index in [-0.39, 0.29) is 11.7 Å². The Kier molecular flexibility index (Phi) is 3.93. The molecule has 3 rings (SSSR count). The summed E-state index contributed by atoms with van der Waals surface area (Å²) in [5.74, 6) is -0.706. The number of carbonyl (C=O) groups excluding carboxylic acids is 1. The fraction of sp³-hybridized carbons (Fsp3) is 0.111. The zero-order valence-corrected chi connectivity index (χ0v) is 12.5. The maximum atomic E-state index is 13.5. The number of nitrogens with zero attached hydrogens (tertiary/aromatic N) is 1. The predicted octanol–water partition coefficient (Wildman–Crippen LogP) is 3.31. The molecule has 0 aliphatic heterocycles. The van der Waals surface area contributed by atoms with Gasteiger partial charge in [-0.3, -0.25) is 9.78 Å². The number of fused-ring (bicyclic) bond motifs is 1. The zero-order valence-electron chi connectivity index (χ0n) is 12.5. The highest BCUT2D eigenvalue weighted by atomic mass is 19.1. The van der Waals surface area contributed by atoms with E-state index in [1.807, 2.05) is 12.1 Å². The lowest BCUT2D eigenvalue weighted by molar-refractivity contribution is -0.119. The molecule has 0 aliphatic rings. The number of amides is 1. The molecule has 1 atom stereocenters. The van der Waals surface area contributed by atoms with E-state index in [4.69, 9.17) is 0 Å². The SMILES string of the molecule is CC(=O)NC(c1cccc(F)c1)c1ccc2cccnc2c1O. The Morgan fingerprint density at radius 2 is 2.04 bits per heavy atom. The Morgan fingerprint density at radius 1 is 1.22 bits per heavy atom. The molecule has 0 saturated heterocycles. The molecule has 0 radical (unpaired) electrons. The van der Waals surface area contributed by atoms with Crippen molar-refractivity contribution in [2.24, 2.45) is 0 Å². The largest absolute Gasteiger partial charge is 0.505 e. The van der Waals surface area contributed by atoms with Gasteiger partial charge in [0.25, 0.3) is 0 Å². The zero-order chi connectivity index (χ0) is 16.4. The molecule has 0 aliphatic carbocycles. The van der Waals surface area contributed by atoms with Crippen molar-refractivity contribution in [3.63, 3.8) is 0 Å². The number of halogens is 1. The molecule has 0 spiro atoms. The van der Waals surface area contributed by atoms with Crippen LogP contribution in [0.1, 0.15) is 24.1 Å². The number of phenols is 1. The van der Waals surface area contributed by atoms with E-state index in [0.29, 0.717) is 16.6 Å². The summed E-state index contributed by atoms with van der Waals surface area (Å²) in [6.07, 6.45) is 1.58. The third kappa shape index (κ3) is 2.99. The van der Waals surface area contributed by atoms with Crippen molar-refractivity contribution in [3.05, 3.63) is 71.7 Å². The number of pyridine rings is 1. The molecule has 1 aromatic heterocycles. The number of nitrogens with one attached hydrogen (secondary N) is 1. The number of rotatable bonds is 3. The molecule has 2 aromatic carbocycles. The first-order chi connectivity index (χ1) is 11.1. The van der Waals surface area contributed by atoms with Crippen LogP contribution < -0.4 is 5.32 Å².